The number of quaternary nitrogens is 1. The van der Waals surface area contributed by atoms with Crippen LogP contribution < -0.4 is 0 Å². The molecule has 98 valence electrons. The molecule has 0 aliphatic rings. The molecule has 0 unspecified atom stereocenters. The highest BCUT2D eigenvalue weighted by molar-refractivity contribution is 4.49. The molecule has 2 nitrogen and oxygen atoms in total. The molecule has 0 aliphatic heterocycles. The van der Waals surface area contributed by atoms with Gasteiger partial charge in [-0.15, -0.1) is 0 Å². The van der Waals surface area contributed by atoms with Crippen LogP contribution in [-0.2, 0) is 0 Å². The minimum Gasteiger partial charge on any atom is -0.633 e. The highest BCUT2D eigenvalue weighted by atomic mass is 16.5. The molecule has 0 spiro atoms. The van der Waals surface area contributed by atoms with Crippen molar-refractivity contribution < 1.29 is 4.65 Å². The van der Waals surface area contributed by atoms with E-state index in [-0.39, 0.29) is 4.65 Å². The van der Waals surface area contributed by atoms with Crippen molar-refractivity contribution in [3.05, 3.63) is 5.21 Å². The molecule has 16 heavy (non-hydrogen) atoms. The topological polar surface area (TPSA) is 23.1 Å². The van der Waals surface area contributed by atoms with Gasteiger partial charge in [-0.25, -0.2) is 0 Å². The van der Waals surface area contributed by atoms with Crippen molar-refractivity contribution in [3.63, 3.8) is 0 Å². The van der Waals surface area contributed by atoms with Crippen LogP contribution in [0.3, 0.4) is 0 Å². The quantitative estimate of drug-likeness (QED) is 0.310. The van der Waals surface area contributed by atoms with Gasteiger partial charge in [0.15, 0.2) is 0 Å². The Labute approximate surface area is 102 Å². The largest absolute Gasteiger partial charge is 0.633 e. The maximum atomic E-state index is 11.3. The number of rotatable bonds is 10. The van der Waals surface area contributed by atoms with Crippen LogP contribution in [0.1, 0.15) is 65.2 Å². The molecule has 2 heteroatoms. The molecular formula is C14H31NO. The third kappa shape index (κ3) is 13.9. The fourth-order valence-corrected chi connectivity index (χ4v) is 1.93. The predicted molar refractivity (Wildman–Crippen MR) is 72.1 cm³/mol. The number of nitrogens with zero attached hydrogens (tertiary/aromatic N) is 1. The summed E-state index contributed by atoms with van der Waals surface area (Å²) >= 11 is 0. The molecule has 0 saturated heterocycles. The van der Waals surface area contributed by atoms with E-state index in [0.29, 0.717) is 0 Å². The van der Waals surface area contributed by atoms with Crippen LogP contribution in [-0.4, -0.2) is 25.3 Å². The molecule has 0 N–H and O–H groups in total. The lowest BCUT2D eigenvalue weighted by Crippen LogP contribution is -2.32. The Kier molecular flexibility index (Phi) is 8.96. The Hall–Kier alpha value is -0.0800. The summed E-state index contributed by atoms with van der Waals surface area (Å²) in [6.07, 6.45) is 10.5. The molecule has 0 heterocycles. The van der Waals surface area contributed by atoms with Gasteiger partial charge in [-0.3, -0.25) is 0 Å². The molecular weight excluding hydrogens is 198 g/mol. The van der Waals surface area contributed by atoms with Crippen LogP contribution in [0.15, 0.2) is 0 Å². The van der Waals surface area contributed by atoms with Crippen LogP contribution in [0.2, 0.25) is 0 Å². The Bertz CT molecular complexity index is 149. The van der Waals surface area contributed by atoms with E-state index in [4.69, 9.17) is 0 Å². The second kappa shape index (κ2) is 9.00. The highest BCUT2D eigenvalue weighted by Gasteiger charge is 2.00. The molecule has 0 atom stereocenters. The predicted octanol–water partition coefficient (Wildman–Crippen LogP) is 4.34. The van der Waals surface area contributed by atoms with E-state index >= 15 is 0 Å². The molecule has 0 saturated carbocycles. The van der Waals surface area contributed by atoms with Gasteiger partial charge in [0.25, 0.3) is 0 Å². The maximum Gasteiger partial charge on any atom is 0.0779 e. The summed E-state index contributed by atoms with van der Waals surface area (Å²) < 4.78 is -0.131. The smallest absolute Gasteiger partial charge is 0.0779 e. The summed E-state index contributed by atoms with van der Waals surface area (Å²) in [5, 5.41) is 11.3. The van der Waals surface area contributed by atoms with Gasteiger partial charge in [0, 0.05) is 0 Å². The normalized spacial score (nSPS) is 12.4. The van der Waals surface area contributed by atoms with Gasteiger partial charge >= 0.3 is 0 Å². The van der Waals surface area contributed by atoms with Crippen molar-refractivity contribution in [2.75, 3.05) is 20.6 Å². The molecule has 0 bridgehead atoms. The van der Waals surface area contributed by atoms with E-state index in [2.05, 4.69) is 13.8 Å². The van der Waals surface area contributed by atoms with Gasteiger partial charge in [-0.2, -0.15) is 0 Å². The molecule has 0 rings (SSSR count). The van der Waals surface area contributed by atoms with Crippen molar-refractivity contribution in [3.8, 4) is 0 Å². The average molecular weight is 229 g/mol. The Morgan fingerprint density at radius 1 is 0.812 bits per heavy atom. The molecule has 0 aliphatic carbocycles. The van der Waals surface area contributed by atoms with Crippen molar-refractivity contribution in [2.24, 2.45) is 5.92 Å². The summed E-state index contributed by atoms with van der Waals surface area (Å²) in [6.45, 7) is 5.36. The Balaban J connectivity index is 3.05. The van der Waals surface area contributed by atoms with E-state index in [1.165, 1.54) is 44.9 Å². The zero-order valence-corrected chi connectivity index (χ0v) is 11.8. The first kappa shape index (κ1) is 15.9. The number of unbranched alkanes of at least 4 members (excludes halogenated alkanes) is 6. The van der Waals surface area contributed by atoms with Crippen molar-refractivity contribution >= 4 is 0 Å². The fraction of sp³-hybridized carbons (Fsp3) is 1.00. The minimum atomic E-state index is -0.131. The fourth-order valence-electron chi connectivity index (χ4n) is 1.93. The molecule has 0 aromatic heterocycles. The van der Waals surface area contributed by atoms with Crippen LogP contribution in [0.25, 0.3) is 0 Å². The number of hydroxylamine groups is 3. The summed E-state index contributed by atoms with van der Waals surface area (Å²) in [7, 11) is 3.46. The lowest BCUT2D eigenvalue weighted by molar-refractivity contribution is -0.840. The summed E-state index contributed by atoms with van der Waals surface area (Å²) in [4.78, 5) is 0. The van der Waals surface area contributed by atoms with E-state index in [1.807, 2.05) is 0 Å². The van der Waals surface area contributed by atoms with Gasteiger partial charge in [0.1, 0.15) is 0 Å². The van der Waals surface area contributed by atoms with Crippen molar-refractivity contribution in [2.45, 2.75) is 65.2 Å². The van der Waals surface area contributed by atoms with Crippen LogP contribution in [0, 0.1) is 11.1 Å². The van der Waals surface area contributed by atoms with Gasteiger partial charge in [-0.1, -0.05) is 52.4 Å². The van der Waals surface area contributed by atoms with E-state index < -0.39 is 0 Å². The molecule has 0 aromatic carbocycles. The lowest BCUT2D eigenvalue weighted by Gasteiger charge is -2.33. The SMILES string of the molecule is CC(C)CCCCCCCCC[N+](C)(C)[O-]. The molecule has 0 fully saturated rings. The van der Waals surface area contributed by atoms with Gasteiger partial charge in [0.2, 0.25) is 0 Å². The number of hydrogen-bond acceptors (Lipinski definition) is 1. The van der Waals surface area contributed by atoms with E-state index in [0.717, 1.165) is 18.9 Å². The molecule has 0 amide bonds. The van der Waals surface area contributed by atoms with Crippen LogP contribution >= 0.6 is 0 Å². The monoisotopic (exact) mass is 229 g/mol. The molecule has 0 radical (unpaired) electrons. The third-order valence-corrected chi connectivity index (χ3v) is 2.98. The van der Waals surface area contributed by atoms with Crippen LogP contribution in [0.4, 0.5) is 0 Å². The van der Waals surface area contributed by atoms with E-state index in [9.17, 15) is 5.21 Å². The second-order valence-electron chi connectivity index (χ2n) is 5.95. The average Bonchev–Trinajstić information content (AvgIpc) is 2.13. The Morgan fingerprint density at radius 2 is 1.25 bits per heavy atom. The summed E-state index contributed by atoms with van der Waals surface area (Å²) in [5.74, 6) is 0.858. The minimum absolute atomic E-state index is 0.131. The zero-order chi connectivity index (χ0) is 12.4. The standard InChI is InChI=1S/C14H31NO/c1-14(2)12-10-8-6-5-7-9-11-13-15(3,4)16/h14H,5-13H2,1-4H3. The van der Waals surface area contributed by atoms with Gasteiger partial charge in [-0.05, 0) is 18.8 Å². The third-order valence-electron chi connectivity index (χ3n) is 2.98. The first-order chi connectivity index (χ1) is 7.42. The maximum absolute atomic E-state index is 11.3. The van der Waals surface area contributed by atoms with Crippen LogP contribution in [0.5, 0.6) is 0 Å². The van der Waals surface area contributed by atoms with E-state index in [1.54, 1.807) is 14.1 Å². The van der Waals surface area contributed by atoms with Gasteiger partial charge in [0.05, 0.1) is 20.6 Å². The highest BCUT2D eigenvalue weighted by Crippen LogP contribution is 2.12. The lowest BCUT2D eigenvalue weighted by atomic mass is 10.0. The number of hydrogen-bond donors (Lipinski definition) is 0. The zero-order valence-electron chi connectivity index (χ0n) is 11.8. The van der Waals surface area contributed by atoms with Crippen molar-refractivity contribution in [1.82, 2.24) is 0 Å². The van der Waals surface area contributed by atoms with Gasteiger partial charge < -0.3 is 9.85 Å². The molecule has 0 aromatic rings. The summed E-state index contributed by atoms with van der Waals surface area (Å²) in [5.41, 5.74) is 0. The van der Waals surface area contributed by atoms with Crippen molar-refractivity contribution in [1.29, 1.82) is 0 Å². The second-order valence-corrected chi connectivity index (χ2v) is 5.95. The Morgan fingerprint density at radius 3 is 1.69 bits per heavy atom. The summed E-state index contributed by atoms with van der Waals surface area (Å²) in [6, 6.07) is 0. The first-order valence-electron chi connectivity index (χ1n) is 6.96. The first-order valence-corrected chi connectivity index (χ1v) is 6.96.